The summed E-state index contributed by atoms with van der Waals surface area (Å²) < 4.78 is 0. The summed E-state index contributed by atoms with van der Waals surface area (Å²) in [5.74, 6) is 0. The Kier molecular flexibility index (Phi) is 3.34. The van der Waals surface area contributed by atoms with Gasteiger partial charge in [-0.1, -0.05) is 6.07 Å². The number of nitrogens with zero attached hydrogens (tertiary/aromatic N) is 1. The van der Waals surface area contributed by atoms with Crippen molar-refractivity contribution in [3.63, 3.8) is 0 Å². The first kappa shape index (κ1) is 9.80. The first-order valence-corrected chi connectivity index (χ1v) is 3.96. The molecule has 2 rings (SSSR count). The smallest absolute Gasteiger partial charge is 0 e. The maximum absolute atomic E-state index is 2.31. The molecule has 0 spiro atoms. The molecular formula is C10H12NRe-. The van der Waals surface area contributed by atoms with Crippen molar-refractivity contribution in [3.05, 3.63) is 41.8 Å². The average molecular weight is 332 g/mol. The van der Waals surface area contributed by atoms with Crippen molar-refractivity contribution in [2.24, 2.45) is 0 Å². The van der Waals surface area contributed by atoms with E-state index in [2.05, 4.69) is 42.6 Å². The van der Waals surface area contributed by atoms with E-state index in [1.807, 2.05) is 0 Å². The topological polar surface area (TPSA) is 3.24 Å². The summed E-state index contributed by atoms with van der Waals surface area (Å²) >= 11 is 0. The van der Waals surface area contributed by atoms with Crippen LogP contribution in [0.25, 0.3) is 0 Å². The van der Waals surface area contributed by atoms with Gasteiger partial charge in [0, 0.05) is 20.4 Å². The summed E-state index contributed by atoms with van der Waals surface area (Å²) in [7, 11) is 2.15. The Balaban J connectivity index is 0.000000720. The molecule has 0 N–H and O–H groups in total. The van der Waals surface area contributed by atoms with E-state index in [4.69, 9.17) is 0 Å². The molecular weight excluding hydrogens is 320 g/mol. The molecule has 0 aromatic heterocycles. The van der Waals surface area contributed by atoms with Crippen LogP contribution in [0.15, 0.2) is 24.3 Å². The van der Waals surface area contributed by atoms with E-state index in [9.17, 15) is 0 Å². The number of likely N-dealkylation sites (N-methyl/N-ethyl adjacent to an activating group) is 1. The Morgan fingerprint density at radius 2 is 2.08 bits per heavy atom. The standard InChI is InChI=1S/C10H12N.Re/c1-11-7-6-9-4-2-3-5-10(9)8-11;/h2-6H,7-8H2,1H3;/q-1;. The van der Waals surface area contributed by atoms with Crippen LogP contribution in [0.5, 0.6) is 0 Å². The van der Waals surface area contributed by atoms with E-state index in [1.54, 1.807) is 0 Å². The molecule has 65 valence electrons. The minimum Gasteiger partial charge on any atom is -0.321 e. The summed E-state index contributed by atoms with van der Waals surface area (Å²) in [6.07, 6.45) is 2.28. The molecule has 1 heterocycles. The summed E-state index contributed by atoms with van der Waals surface area (Å²) in [6, 6.07) is 8.58. The van der Waals surface area contributed by atoms with Crippen LogP contribution in [0.4, 0.5) is 0 Å². The maximum atomic E-state index is 2.31. The van der Waals surface area contributed by atoms with Gasteiger partial charge in [-0.05, 0) is 20.1 Å². The average Bonchev–Trinajstić information content (AvgIpc) is 2.04. The molecule has 1 aromatic rings. The monoisotopic (exact) mass is 333 g/mol. The molecule has 0 saturated carbocycles. The SMILES string of the molecule is CN1C[CH-]c2ccccc2C1.[Re]. The third kappa shape index (κ3) is 1.90. The van der Waals surface area contributed by atoms with E-state index in [1.165, 1.54) is 11.1 Å². The summed E-state index contributed by atoms with van der Waals surface area (Å²) in [5.41, 5.74) is 2.85. The molecule has 0 saturated heterocycles. The zero-order valence-corrected chi connectivity index (χ0v) is 9.84. The van der Waals surface area contributed by atoms with Crippen LogP contribution in [-0.4, -0.2) is 18.5 Å². The van der Waals surface area contributed by atoms with Gasteiger partial charge < -0.3 is 4.90 Å². The largest absolute Gasteiger partial charge is 0.321 e. The molecule has 1 aliphatic heterocycles. The third-order valence-electron chi connectivity index (χ3n) is 2.12. The predicted molar refractivity (Wildman–Crippen MR) is 46.2 cm³/mol. The van der Waals surface area contributed by atoms with Crippen LogP contribution in [-0.2, 0) is 27.0 Å². The molecule has 1 aliphatic rings. The van der Waals surface area contributed by atoms with Gasteiger partial charge in [-0.3, -0.25) is 0 Å². The molecule has 0 bridgehead atoms. The Morgan fingerprint density at radius 3 is 2.92 bits per heavy atom. The molecule has 0 atom stereocenters. The number of fused-ring (bicyclic) bond motifs is 1. The quantitative estimate of drug-likeness (QED) is 0.654. The normalized spacial score (nSPS) is 15.8. The summed E-state index contributed by atoms with van der Waals surface area (Å²) in [6.45, 7) is 2.17. The predicted octanol–water partition coefficient (Wildman–Crippen LogP) is 1.68. The van der Waals surface area contributed by atoms with Gasteiger partial charge in [0.15, 0.2) is 0 Å². The first-order valence-electron chi connectivity index (χ1n) is 3.96. The molecule has 0 unspecified atom stereocenters. The van der Waals surface area contributed by atoms with Crippen molar-refractivity contribution >= 4 is 0 Å². The van der Waals surface area contributed by atoms with Crippen molar-refractivity contribution < 1.29 is 20.4 Å². The molecule has 1 radical (unpaired) electrons. The summed E-state index contributed by atoms with van der Waals surface area (Å²) in [5, 5.41) is 0. The van der Waals surface area contributed by atoms with Gasteiger partial charge in [-0.15, -0.1) is 17.7 Å². The molecule has 2 heteroatoms. The van der Waals surface area contributed by atoms with Crippen LogP contribution >= 0.6 is 0 Å². The van der Waals surface area contributed by atoms with Crippen LogP contribution in [0, 0.1) is 6.42 Å². The Bertz CT molecular complexity index is 260. The summed E-state index contributed by atoms with van der Waals surface area (Å²) in [4.78, 5) is 2.31. The fourth-order valence-corrected chi connectivity index (χ4v) is 1.49. The van der Waals surface area contributed by atoms with E-state index in [-0.39, 0.29) is 20.4 Å². The zero-order valence-electron chi connectivity index (χ0n) is 7.13. The molecule has 0 fully saturated rings. The van der Waals surface area contributed by atoms with E-state index in [0.29, 0.717) is 0 Å². The van der Waals surface area contributed by atoms with Crippen molar-refractivity contribution in [2.45, 2.75) is 6.54 Å². The second-order valence-corrected chi connectivity index (χ2v) is 3.10. The number of rotatable bonds is 0. The van der Waals surface area contributed by atoms with Crippen LogP contribution in [0.2, 0.25) is 0 Å². The second-order valence-electron chi connectivity index (χ2n) is 3.10. The van der Waals surface area contributed by atoms with Crippen molar-refractivity contribution in [1.82, 2.24) is 4.90 Å². The molecule has 0 aliphatic carbocycles. The van der Waals surface area contributed by atoms with E-state index < -0.39 is 0 Å². The number of benzene rings is 1. The molecule has 1 aromatic carbocycles. The van der Waals surface area contributed by atoms with Crippen LogP contribution in [0.3, 0.4) is 0 Å². The fourth-order valence-electron chi connectivity index (χ4n) is 1.49. The number of hydrogen-bond donors (Lipinski definition) is 0. The third-order valence-corrected chi connectivity index (χ3v) is 2.12. The fraction of sp³-hybridized carbons (Fsp3) is 0.300. The van der Waals surface area contributed by atoms with Gasteiger partial charge >= 0.3 is 0 Å². The van der Waals surface area contributed by atoms with Gasteiger partial charge in [0.05, 0.1) is 0 Å². The molecule has 1 nitrogen and oxygen atoms in total. The minimum atomic E-state index is 0. The van der Waals surface area contributed by atoms with Gasteiger partial charge in [0.1, 0.15) is 0 Å². The van der Waals surface area contributed by atoms with E-state index >= 15 is 0 Å². The number of hydrogen-bond acceptors (Lipinski definition) is 1. The van der Waals surface area contributed by atoms with Crippen LogP contribution in [0.1, 0.15) is 11.1 Å². The van der Waals surface area contributed by atoms with Crippen LogP contribution < -0.4 is 0 Å². The van der Waals surface area contributed by atoms with Gasteiger partial charge in [-0.2, -0.15) is 18.1 Å². The van der Waals surface area contributed by atoms with Crippen molar-refractivity contribution in [2.75, 3.05) is 13.6 Å². The first-order chi connectivity index (χ1) is 5.36. The Hall–Kier alpha value is -0.288. The van der Waals surface area contributed by atoms with Crippen molar-refractivity contribution in [3.8, 4) is 0 Å². The van der Waals surface area contributed by atoms with E-state index in [0.717, 1.165) is 13.1 Å². The van der Waals surface area contributed by atoms with Gasteiger partial charge in [0.25, 0.3) is 0 Å². The Morgan fingerprint density at radius 1 is 1.33 bits per heavy atom. The van der Waals surface area contributed by atoms with Gasteiger partial charge in [-0.25, -0.2) is 0 Å². The maximum Gasteiger partial charge on any atom is 0 e. The Labute approximate surface area is 87.4 Å². The zero-order chi connectivity index (χ0) is 7.68. The molecule has 12 heavy (non-hydrogen) atoms. The minimum absolute atomic E-state index is 0. The van der Waals surface area contributed by atoms with Crippen molar-refractivity contribution in [1.29, 1.82) is 0 Å². The second kappa shape index (κ2) is 4.09. The molecule has 0 amide bonds. The van der Waals surface area contributed by atoms with Gasteiger partial charge in [0.2, 0.25) is 0 Å².